The average Bonchev–Trinajstić information content (AvgIpc) is 2.69. The second kappa shape index (κ2) is 8.25. The van der Waals surface area contributed by atoms with Crippen molar-refractivity contribution in [3.63, 3.8) is 0 Å². The lowest BCUT2D eigenvalue weighted by molar-refractivity contribution is -0.121. The minimum atomic E-state index is -0.588. The molecule has 0 fully saturated rings. The van der Waals surface area contributed by atoms with Crippen molar-refractivity contribution in [1.29, 1.82) is 0 Å². The summed E-state index contributed by atoms with van der Waals surface area (Å²) in [5.41, 5.74) is 2.89. The van der Waals surface area contributed by atoms with Crippen molar-refractivity contribution < 1.29 is 23.5 Å². The first-order valence-electron chi connectivity index (χ1n) is 8.92. The van der Waals surface area contributed by atoms with E-state index >= 15 is 0 Å². The molecule has 28 heavy (non-hydrogen) atoms. The van der Waals surface area contributed by atoms with Crippen molar-refractivity contribution in [3.05, 3.63) is 70.6 Å². The number of ketones is 1. The molecule has 1 aliphatic heterocycles. The number of aryl methyl sites for hydroxylation is 1. The van der Waals surface area contributed by atoms with Crippen LogP contribution in [-0.2, 0) is 16.0 Å². The number of ether oxygens (including phenoxy) is 2. The molecule has 2 aromatic rings. The lowest BCUT2D eigenvalue weighted by atomic mass is 9.88. The van der Waals surface area contributed by atoms with Crippen LogP contribution in [0.15, 0.2) is 48.0 Å². The van der Waals surface area contributed by atoms with Crippen LogP contribution in [0, 0.1) is 12.7 Å². The first-order valence-corrected chi connectivity index (χ1v) is 8.92. The van der Waals surface area contributed by atoms with Crippen LogP contribution in [0.1, 0.15) is 29.2 Å². The van der Waals surface area contributed by atoms with Gasteiger partial charge < -0.3 is 14.8 Å². The summed E-state index contributed by atoms with van der Waals surface area (Å²) in [5.74, 6) is 0.503. The van der Waals surface area contributed by atoms with Crippen LogP contribution in [0.4, 0.5) is 4.39 Å². The first kappa shape index (κ1) is 19.6. The molecule has 0 spiro atoms. The fraction of sp³-hybridized carbons (Fsp3) is 0.273. The fourth-order valence-corrected chi connectivity index (χ4v) is 3.30. The number of benzene rings is 2. The molecule has 6 heteroatoms. The molecule has 146 valence electrons. The minimum Gasteiger partial charge on any atom is -0.493 e. The van der Waals surface area contributed by atoms with Gasteiger partial charge in [-0.25, -0.2) is 4.39 Å². The lowest BCUT2D eigenvalue weighted by Crippen LogP contribution is -2.35. The number of halogens is 1. The Hall–Kier alpha value is -3.15. The number of amides is 1. The van der Waals surface area contributed by atoms with Gasteiger partial charge in [-0.05, 0) is 47.9 Å². The highest BCUT2D eigenvalue weighted by molar-refractivity contribution is 6.00. The number of carbonyl (C=O) groups is 2. The first-order chi connectivity index (χ1) is 13.4. The van der Waals surface area contributed by atoms with Gasteiger partial charge in [-0.15, -0.1) is 0 Å². The molecule has 1 atom stereocenters. The maximum absolute atomic E-state index is 13.3. The van der Waals surface area contributed by atoms with E-state index in [4.69, 9.17) is 9.47 Å². The maximum Gasteiger partial charge on any atom is 0.224 e. The average molecular weight is 383 g/mol. The predicted molar refractivity (Wildman–Crippen MR) is 103 cm³/mol. The summed E-state index contributed by atoms with van der Waals surface area (Å²) < 4.78 is 23.9. The van der Waals surface area contributed by atoms with E-state index in [1.54, 1.807) is 38.5 Å². The van der Waals surface area contributed by atoms with Gasteiger partial charge in [-0.1, -0.05) is 18.2 Å². The number of hydrogen-bond donors (Lipinski definition) is 1. The van der Waals surface area contributed by atoms with Gasteiger partial charge in [-0.3, -0.25) is 9.59 Å². The number of carbonyl (C=O) groups excluding carboxylic acids is 2. The molecule has 1 N–H and O–H groups in total. The van der Waals surface area contributed by atoms with Crippen molar-refractivity contribution in [3.8, 4) is 11.5 Å². The fourth-order valence-electron chi connectivity index (χ4n) is 3.30. The molecule has 1 heterocycles. The molecule has 0 unspecified atom stereocenters. The van der Waals surface area contributed by atoms with Crippen molar-refractivity contribution in [1.82, 2.24) is 5.32 Å². The second-order valence-corrected chi connectivity index (χ2v) is 6.65. The number of methoxy groups -OCH3 is 2. The minimum absolute atomic E-state index is 0.107. The van der Waals surface area contributed by atoms with E-state index in [1.807, 2.05) is 13.0 Å². The van der Waals surface area contributed by atoms with Crippen LogP contribution in [0.3, 0.4) is 0 Å². The summed E-state index contributed by atoms with van der Waals surface area (Å²) in [5, 5.41) is 2.83. The molecule has 0 radical (unpaired) electrons. The SMILES string of the molecule is COc1cc(C)c(CC(=O)C2=CCC(=O)N[C@H]2c2ccc(F)cc2)cc1OC. The van der Waals surface area contributed by atoms with Gasteiger partial charge in [0.05, 0.1) is 20.3 Å². The largest absolute Gasteiger partial charge is 0.493 e. The van der Waals surface area contributed by atoms with Gasteiger partial charge >= 0.3 is 0 Å². The van der Waals surface area contributed by atoms with Gasteiger partial charge in [0.1, 0.15) is 5.82 Å². The van der Waals surface area contributed by atoms with Crippen LogP contribution < -0.4 is 14.8 Å². The van der Waals surface area contributed by atoms with Crippen molar-refractivity contribution in [2.45, 2.75) is 25.8 Å². The second-order valence-electron chi connectivity index (χ2n) is 6.65. The smallest absolute Gasteiger partial charge is 0.224 e. The third-order valence-corrected chi connectivity index (χ3v) is 4.84. The van der Waals surface area contributed by atoms with Gasteiger partial charge in [0.2, 0.25) is 5.91 Å². The predicted octanol–water partition coefficient (Wildman–Crippen LogP) is 3.45. The van der Waals surface area contributed by atoms with Crippen LogP contribution in [0.25, 0.3) is 0 Å². The summed E-state index contributed by atoms with van der Waals surface area (Å²) >= 11 is 0. The molecule has 0 saturated heterocycles. The molecule has 0 aliphatic carbocycles. The zero-order valence-corrected chi connectivity index (χ0v) is 16.0. The topological polar surface area (TPSA) is 64.6 Å². The van der Waals surface area contributed by atoms with Crippen LogP contribution in [0.5, 0.6) is 11.5 Å². The van der Waals surface area contributed by atoms with Gasteiger partial charge in [0.15, 0.2) is 17.3 Å². The zero-order valence-electron chi connectivity index (χ0n) is 16.0. The Balaban J connectivity index is 1.90. The van der Waals surface area contributed by atoms with E-state index in [0.717, 1.165) is 11.1 Å². The third kappa shape index (κ3) is 4.06. The molecule has 0 saturated carbocycles. The van der Waals surface area contributed by atoms with Crippen molar-refractivity contribution >= 4 is 11.7 Å². The summed E-state index contributed by atoms with van der Waals surface area (Å²) in [6, 6.07) is 8.82. The Labute approximate surface area is 163 Å². The highest BCUT2D eigenvalue weighted by Crippen LogP contribution is 2.32. The van der Waals surface area contributed by atoms with Crippen molar-refractivity contribution in [2.75, 3.05) is 14.2 Å². The van der Waals surface area contributed by atoms with E-state index in [9.17, 15) is 14.0 Å². The number of rotatable bonds is 6. The Morgan fingerprint density at radius 3 is 2.43 bits per heavy atom. The summed E-state index contributed by atoms with van der Waals surface area (Å²) in [4.78, 5) is 24.9. The van der Waals surface area contributed by atoms with Gasteiger partial charge in [0, 0.05) is 18.4 Å². The monoisotopic (exact) mass is 383 g/mol. The summed E-state index contributed by atoms with van der Waals surface area (Å²) in [7, 11) is 3.10. The highest BCUT2D eigenvalue weighted by Gasteiger charge is 2.28. The van der Waals surface area contributed by atoms with E-state index < -0.39 is 6.04 Å². The number of Topliss-reactive ketones (excluding diaryl/α,β-unsaturated/α-hetero) is 1. The lowest BCUT2D eigenvalue weighted by Gasteiger charge is -2.25. The standard InChI is InChI=1S/C22H22FNO4/c1-13-10-19(27-2)20(28-3)12-15(13)11-18(25)17-8-9-21(26)24-22(17)14-4-6-16(23)7-5-14/h4-8,10,12,22H,9,11H2,1-3H3,(H,24,26)/t22-/m0/s1. The van der Waals surface area contributed by atoms with E-state index in [-0.39, 0.29) is 30.3 Å². The van der Waals surface area contributed by atoms with E-state index in [2.05, 4.69) is 5.32 Å². The van der Waals surface area contributed by atoms with E-state index in [1.165, 1.54) is 12.1 Å². The summed E-state index contributed by atoms with van der Waals surface area (Å²) in [6.07, 6.45) is 1.96. The highest BCUT2D eigenvalue weighted by atomic mass is 19.1. The molecule has 1 aliphatic rings. The Morgan fingerprint density at radius 2 is 1.79 bits per heavy atom. The molecule has 0 bridgehead atoms. The quantitative estimate of drug-likeness (QED) is 0.830. The zero-order chi connectivity index (χ0) is 20.3. The number of hydrogen-bond acceptors (Lipinski definition) is 4. The molecule has 2 aromatic carbocycles. The molecule has 5 nitrogen and oxygen atoms in total. The van der Waals surface area contributed by atoms with Gasteiger partial charge in [-0.2, -0.15) is 0 Å². The van der Waals surface area contributed by atoms with Gasteiger partial charge in [0.25, 0.3) is 0 Å². The normalized spacial score (nSPS) is 16.2. The summed E-state index contributed by atoms with van der Waals surface area (Å²) in [6.45, 7) is 1.90. The molecular weight excluding hydrogens is 361 g/mol. The van der Waals surface area contributed by atoms with Crippen LogP contribution in [0.2, 0.25) is 0 Å². The molecular formula is C22H22FNO4. The maximum atomic E-state index is 13.3. The Bertz CT molecular complexity index is 934. The molecule has 0 aromatic heterocycles. The van der Waals surface area contributed by atoms with E-state index in [0.29, 0.717) is 22.6 Å². The van der Waals surface area contributed by atoms with Crippen molar-refractivity contribution in [2.24, 2.45) is 0 Å². The number of nitrogens with one attached hydrogen (secondary N) is 1. The van der Waals surface area contributed by atoms with Crippen LogP contribution in [-0.4, -0.2) is 25.9 Å². The van der Waals surface area contributed by atoms with Crippen LogP contribution >= 0.6 is 0 Å². The Kier molecular flexibility index (Phi) is 5.78. The Morgan fingerprint density at radius 1 is 1.14 bits per heavy atom. The molecule has 1 amide bonds. The third-order valence-electron chi connectivity index (χ3n) is 4.84. The molecule has 3 rings (SSSR count).